The van der Waals surface area contributed by atoms with E-state index in [4.69, 9.17) is 27.6 Å². The highest BCUT2D eigenvalue weighted by Gasteiger charge is 2.48. The van der Waals surface area contributed by atoms with Gasteiger partial charge in [0.05, 0.1) is 19.8 Å². The molecule has 42 heavy (non-hydrogen) atoms. The van der Waals surface area contributed by atoms with E-state index in [1.54, 1.807) is 24.3 Å². The summed E-state index contributed by atoms with van der Waals surface area (Å²) in [4.78, 5) is 46.9. The van der Waals surface area contributed by atoms with Crippen molar-refractivity contribution in [2.24, 2.45) is 0 Å². The molecular formula is C22H25N3O15P2. The van der Waals surface area contributed by atoms with Gasteiger partial charge in [-0.15, -0.1) is 0 Å². The van der Waals surface area contributed by atoms with Crippen molar-refractivity contribution in [1.82, 2.24) is 14.3 Å². The van der Waals surface area contributed by atoms with E-state index in [9.17, 15) is 38.6 Å². The van der Waals surface area contributed by atoms with Crippen molar-refractivity contribution in [2.45, 2.75) is 50.7 Å². The molecule has 0 amide bonds. The number of hydrogen-bond acceptors (Lipinski definition) is 15. The molecule has 0 bridgehead atoms. The maximum atomic E-state index is 13.2. The van der Waals surface area contributed by atoms with E-state index in [0.29, 0.717) is 16.7 Å². The number of fused-ring (bicyclic) bond motifs is 1. The molecule has 2 fully saturated rings. The van der Waals surface area contributed by atoms with Crippen LogP contribution in [0, 0.1) is 0 Å². The highest BCUT2D eigenvalue weighted by Crippen LogP contribution is 2.65. The Hall–Kier alpha value is -3.02. The van der Waals surface area contributed by atoms with Crippen molar-refractivity contribution in [3.63, 3.8) is 0 Å². The number of esters is 1. The summed E-state index contributed by atoms with van der Waals surface area (Å²) in [5.41, 5.74) is -0.869. The second-order valence-electron chi connectivity index (χ2n) is 9.16. The van der Waals surface area contributed by atoms with E-state index in [1.807, 2.05) is 0 Å². The highest BCUT2D eigenvalue weighted by atomic mass is 31.3. The number of aliphatic hydroxyl groups is 2. The van der Waals surface area contributed by atoms with Crippen molar-refractivity contribution in [3.05, 3.63) is 63.1 Å². The average Bonchev–Trinajstić information content (AvgIpc) is 3.45. The Morgan fingerprint density at radius 2 is 1.98 bits per heavy atom. The Balaban J connectivity index is 1.27. The van der Waals surface area contributed by atoms with Gasteiger partial charge in [0.15, 0.2) is 11.8 Å². The number of nitrogens with zero attached hydrogens (tertiary/aromatic N) is 3. The second kappa shape index (κ2) is 11.9. The van der Waals surface area contributed by atoms with Gasteiger partial charge < -0.3 is 29.1 Å². The summed E-state index contributed by atoms with van der Waals surface area (Å²) >= 11 is 0. The summed E-state index contributed by atoms with van der Waals surface area (Å²) in [5.74, 6) is -0.765. The predicted octanol–water partition coefficient (Wildman–Crippen LogP) is 0.386. The van der Waals surface area contributed by atoms with Crippen LogP contribution in [0.25, 0.3) is 11.0 Å². The molecule has 5 rings (SSSR count). The number of benzene rings is 1. The van der Waals surface area contributed by atoms with Gasteiger partial charge in [0.2, 0.25) is 6.29 Å². The third-order valence-electron chi connectivity index (χ3n) is 6.22. The lowest BCUT2D eigenvalue weighted by atomic mass is 10.1. The van der Waals surface area contributed by atoms with Crippen LogP contribution in [0.1, 0.15) is 25.3 Å². The minimum atomic E-state index is -5.21. The Morgan fingerprint density at radius 1 is 1.21 bits per heavy atom. The number of aliphatic hydroxyl groups excluding tert-OH is 2. The van der Waals surface area contributed by atoms with E-state index in [2.05, 4.69) is 9.47 Å². The van der Waals surface area contributed by atoms with Crippen LogP contribution in [0.2, 0.25) is 0 Å². The summed E-state index contributed by atoms with van der Waals surface area (Å²) in [6.45, 7) is -0.395. The molecule has 2 aliphatic rings. The number of hydrogen-bond donors (Lipinski definition) is 3. The smallest absolute Gasteiger partial charge is 0.435 e. The Morgan fingerprint density at radius 3 is 2.74 bits per heavy atom. The van der Waals surface area contributed by atoms with Crippen molar-refractivity contribution < 1.29 is 60.9 Å². The Labute approximate surface area is 235 Å². The molecule has 0 saturated carbocycles. The third kappa shape index (κ3) is 6.48. The van der Waals surface area contributed by atoms with E-state index in [-0.39, 0.29) is 19.6 Å². The van der Waals surface area contributed by atoms with Crippen molar-refractivity contribution >= 4 is 32.6 Å². The van der Waals surface area contributed by atoms with Gasteiger partial charge in [-0.05, 0) is 12.1 Å². The topological polar surface area (TPSA) is 237 Å². The molecule has 3 N–H and O–H groups in total. The zero-order valence-corrected chi connectivity index (χ0v) is 23.4. The zero-order chi connectivity index (χ0) is 30.2. The van der Waals surface area contributed by atoms with Gasteiger partial charge >= 0.3 is 27.3 Å². The van der Waals surface area contributed by atoms with Crippen molar-refractivity contribution in [3.8, 4) is 0 Å². The van der Waals surface area contributed by atoms with Crippen LogP contribution in [-0.4, -0.2) is 73.2 Å². The van der Waals surface area contributed by atoms with Crippen LogP contribution in [0.3, 0.4) is 0 Å². The van der Waals surface area contributed by atoms with Crippen molar-refractivity contribution in [2.75, 3.05) is 13.2 Å². The molecule has 2 aromatic heterocycles. The predicted molar refractivity (Wildman–Crippen MR) is 136 cm³/mol. The summed E-state index contributed by atoms with van der Waals surface area (Å²) in [6, 6.07) is 7.85. The summed E-state index contributed by atoms with van der Waals surface area (Å²) in [6.07, 6.45) is -6.86. The maximum absolute atomic E-state index is 13.2. The molecule has 228 valence electrons. The van der Waals surface area contributed by atoms with Gasteiger partial charge in [0, 0.05) is 31.0 Å². The molecule has 0 spiro atoms. The fourth-order valence-electron chi connectivity index (χ4n) is 4.28. The van der Waals surface area contributed by atoms with Crippen LogP contribution >= 0.6 is 15.6 Å². The van der Waals surface area contributed by atoms with Gasteiger partial charge in [0.1, 0.15) is 24.0 Å². The number of ether oxygens (including phenoxy) is 2. The van der Waals surface area contributed by atoms with Crippen molar-refractivity contribution in [1.29, 1.82) is 0 Å². The van der Waals surface area contributed by atoms with Crippen LogP contribution < -0.4 is 11.2 Å². The number of carbonyl (C=O) groups excluding carboxylic acids is 1. The average molecular weight is 633 g/mol. The summed E-state index contributed by atoms with van der Waals surface area (Å²) in [7, 11) is -9.92. The lowest BCUT2D eigenvalue weighted by molar-refractivity contribution is -0.169. The van der Waals surface area contributed by atoms with Crippen LogP contribution in [-0.2, 0) is 47.8 Å². The number of phosphoric acid groups is 2. The van der Waals surface area contributed by atoms with Gasteiger partial charge in [0.25, 0.3) is 5.56 Å². The molecule has 18 nitrogen and oxygen atoms in total. The van der Waals surface area contributed by atoms with Gasteiger partial charge in [-0.3, -0.25) is 27.8 Å². The molecule has 7 atom stereocenters. The first-order valence-corrected chi connectivity index (χ1v) is 15.3. The van der Waals surface area contributed by atoms with E-state index < -0.39 is 70.3 Å². The molecule has 1 aromatic carbocycles. The highest BCUT2D eigenvalue weighted by molar-refractivity contribution is 7.61. The maximum Gasteiger partial charge on any atom is 0.486 e. The Bertz CT molecular complexity index is 1680. The SMILES string of the molecule is CC(=O)OC1CCOP(=O)(OP(=O)(O)OC[C@H]2O[C@@H](n3ccc(=O)n(Cc4noc5ccccc45)c3=O)C(O)C2O)O1. The molecule has 0 radical (unpaired) electrons. The van der Waals surface area contributed by atoms with Crippen LogP contribution in [0.15, 0.2) is 50.6 Å². The second-order valence-corrected chi connectivity index (χ2v) is 12.4. The summed E-state index contributed by atoms with van der Waals surface area (Å²) < 4.78 is 61.2. The Kier molecular flexibility index (Phi) is 8.65. The largest absolute Gasteiger partial charge is 0.486 e. The lowest BCUT2D eigenvalue weighted by Crippen LogP contribution is -2.43. The molecule has 4 heterocycles. The zero-order valence-electron chi connectivity index (χ0n) is 21.7. The van der Waals surface area contributed by atoms with Gasteiger partial charge in [-0.25, -0.2) is 18.4 Å². The van der Waals surface area contributed by atoms with Crippen LogP contribution in [0.5, 0.6) is 0 Å². The van der Waals surface area contributed by atoms with Gasteiger partial charge in [-0.1, -0.05) is 17.3 Å². The minimum Gasteiger partial charge on any atom is -0.435 e. The van der Waals surface area contributed by atoms with E-state index in [1.165, 1.54) is 0 Å². The molecule has 5 unspecified atom stereocenters. The molecule has 2 saturated heterocycles. The molecule has 20 heteroatoms. The number of phosphoric ester groups is 2. The number of rotatable bonds is 9. The first-order chi connectivity index (χ1) is 19.9. The number of carbonyl (C=O) groups is 1. The number of para-hydroxylation sites is 1. The summed E-state index contributed by atoms with van der Waals surface area (Å²) in [5, 5.41) is 25.6. The third-order valence-corrected chi connectivity index (χ3v) is 9.31. The normalized spacial score (nSPS) is 29.4. The van der Waals surface area contributed by atoms with Crippen LogP contribution in [0.4, 0.5) is 0 Å². The molecule has 2 aliphatic heterocycles. The fourth-order valence-corrected chi connectivity index (χ4v) is 6.99. The van der Waals surface area contributed by atoms with E-state index in [0.717, 1.165) is 28.3 Å². The first-order valence-electron chi connectivity index (χ1n) is 12.3. The quantitative estimate of drug-likeness (QED) is 0.213. The van der Waals surface area contributed by atoms with Gasteiger partial charge in [-0.2, -0.15) is 4.31 Å². The molecule has 0 aliphatic carbocycles. The standard InChI is InChI=1S/C22H25N3O15P2/c1-12(26)36-18-7-9-34-42(33,39-18)40-41(31,32)35-11-16-19(28)20(29)21(37-16)24-8-6-17(27)25(22(24)30)10-14-13-4-2-3-5-15(13)38-23-14/h2-6,8,16,18-21,28-29H,7,9-11H2,1H3,(H,31,32)/t16-,18?,19?,20?,21-,42?/m1/s1. The molecule has 3 aromatic rings. The lowest BCUT2D eigenvalue weighted by Gasteiger charge is -2.28. The monoisotopic (exact) mass is 633 g/mol. The van der Waals surface area contributed by atoms with E-state index >= 15 is 0 Å². The first kappa shape index (κ1) is 30.4. The fraction of sp³-hybridized carbons (Fsp3) is 0.455. The molecular weight excluding hydrogens is 608 g/mol. The minimum absolute atomic E-state index is 0.0211. The number of aromatic nitrogens is 3.